The van der Waals surface area contributed by atoms with Crippen molar-refractivity contribution in [1.82, 2.24) is 15.3 Å². The number of hydrogen-bond acceptors (Lipinski definition) is 4. The molecule has 0 radical (unpaired) electrons. The number of rotatable bonds is 5. The minimum Gasteiger partial charge on any atom is -0.389 e. The van der Waals surface area contributed by atoms with Gasteiger partial charge in [0.25, 0.3) is 5.91 Å². The van der Waals surface area contributed by atoms with Gasteiger partial charge in [0.05, 0.1) is 12.7 Å². The van der Waals surface area contributed by atoms with Crippen molar-refractivity contribution in [2.45, 2.75) is 6.10 Å². The molecule has 0 aliphatic rings. The van der Waals surface area contributed by atoms with Gasteiger partial charge in [0.2, 0.25) is 0 Å². The van der Waals surface area contributed by atoms with Crippen molar-refractivity contribution in [3.63, 3.8) is 0 Å². The van der Waals surface area contributed by atoms with Gasteiger partial charge in [-0.15, -0.1) is 0 Å². The number of nitrogens with one attached hydrogen (secondary N) is 2. The number of aromatic nitrogens is 2. The molecule has 0 aromatic carbocycles. The Bertz CT molecular complexity index is 273. The number of amides is 1. The molecule has 0 saturated heterocycles. The molecule has 0 aliphatic heterocycles. The molecule has 6 heteroatoms. The SMILES string of the molecule is COCC(O)CNC(=O)c1ncc[nH]1. The molecule has 6 nitrogen and oxygen atoms in total. The maximum absolute atomic E-state index is 11.3. The van der Waals surface area contributed by atoms with E-state index in [2.05, 4.69) is 15.3 Å². The van der Waals surface area contributed by atoms with Crippen LogP contribution in [0.1, 0.15) is 10.6 Å². The highest BCUT2D eigenvalue weighted by Gasteiger charge is 2.09. The van der Waals surface area contributed by atoms with Crippen LogP contribution in [0, 0.1) is 0 Å². The van der Waals surface area contributed by atoms with Crippen molar-refractivity contribution in [2.75, 3.05) is 20.3 Å². The zero-order chi connectivity index (χ0) is 10.4. The van der Waals surface area contributed by atoms with Crippen molar-refractivity contribution in [2.24, 2.45) is 0 Å². The van der Waals surface area contributed by atoms with Crippen molar-refractivity contribution in [3.05, 3.63) is 18.2 Å². The zero-order valence-corrected chi connectivity index (χ0v) is 7.86. The molecule has 1 aromatic heterocycles. The lowest BCUT2D eigenvalue weighted by molar-refractivity contribution is 0.0607. The largest absolute Gasteiger partial charge is 0.389 e. The van der Waals surface area contributed by atoms with Gasteiger partial charge in [0, 0.05) is 26.0 Å². The third-order valence-electron chi connectivity index (χ3n) is 1.57. The first-order valence-electron chi connectivity index (χ1n) is 4.18. The highest BCUT2D eigenvalue weighted by atomic mass is 16.5. The summed E-state index contributed by atoms with van der Waals surface area (Å²) in [5.74, 6) is -0.111. The summed E-state index contributed by atoms with van der Waals surface area (Å²) in [6.45, 7) is 0.339. The Hall–Kier alpha value is -1.40. The molecule has 1 aromatic rings. The Labute approximate surface area is 81.3 Å². The maximum Gasteiger partial charge on any atom is 0.287 e. The Kier molecular flexibility index (Phi) is 4.09. The first kappa shape index (κ1) is 10.7. The molecule has 3 N–H and O–H groups in total. The van der Waals surface area contributed by atoms with Crippen LogP contribution < -0.4 is 5.32 Å². The summed E-state index contributed by atoms with van der Waals surface area (Å²) < 4.78 is 4.70. The fourth-order valence-electron chi connectivity index (χ4n) is 0.935. The molecule has 14 heavy (non-hydrogen) atoms. The summed E-state index contributed by atoms with van der Waals surface area (Å²) in [4.78, 5) is 17.7. The average Bonchev–Trinajstić information content (AvgIpc) is 2.67. The van der Waals surface area contributed by atoms with E-state index in [1.807, 2.05) is 0 Å². The van der Waals surface area contributed by atoms with E-state index in [0.29, 0.717) is 0 Å². The van der Waals surface area contributed by atoms with E-state index in [1.165, 1.54) is 13.3 Å². The summed E-state index contributed by atoms with van der Waals surface area (Å²) in [7, 11) is 1.48. The second-order valence-corrected chi connectivity index (χ2v) is 2.76. The van der Waals surface area contributed by atoms with Crippen molar-refractivity contribution < 1.29 is 14.6 Å². The maximum atomic E-state index is 11.3. The minimum atomic E-state index is -0.695. The highest BCUT2D eigenvalue weighted by Crippen LogP contribution is 1.88. The number of nitrogens with zero attached hydrogens (tertiary/aromatic N) is 1. The van der Waals surface area contributed by atoms with Crippen LogP contribution in [0.5, 0.6) is 0 Å². The third kappa shape index (κ3) is 3.15. The van der Waals surface area contributed by atoms with E-state index in [-0.39, 0.29) is 24.9 Å². The minimum absolute atomic E-state index is 0.146. The average molecular weight is 199 g/mol. The summed E-state index contributed by atoms with van der Waals surface area (Å²) in [6.07, 6.45) is 2.35. The quantitative estimate of drug-likeness (QED) is 0.576. The van der Waals surface area contributed by atoms with Gasteiger partial charge in [0.1, 0.15) is 0 Å². The molecule has 1 atom stereocenters. The number of ether oxygens (including phenoxy) is 1. The van der Waals surface area contributed by atoms with E-state index in [0.717, 1.165) is 0 Å². The van der Waals surface area contributed by atoms with E-state index < -0.39 is 6.10 Å². The fourth-order valence-corrected chi connectivity index (χ4v) is 0.935. The number of aliphatic hydroxyl groups excluding tert-OH is 1. The van der Waals surface area contributed by atoms with E-state index in [9.17, 15) is 9.90 Å². The number of methoxy groups -OCH3 is 1. The van der Waals surface area contributed by atoms with E-state index in [4.69, 9.17) is 4.74 Å². The van der Waals surface area contributed by atoms with Crippen LogP contribution in [0.3, 0.4) is 0 Å². The van der Waals surface area contributed by atoms with Crippen LogP contribution >= 0.6 is 0 Å². The lowest BCUT2D eigenvalue weighted by Crippen LogP contribution is -2.34. The molecule has 0 bridgehead atoms. The van der Waals surface area contributed by atoms with Crippen LogP contribution in [0.25, 0.3) is 0 Å². The molecule has 0 spiro atoms. The van der Waals surface area contributed by atoms with Crippen molar-refractivity contribution >= 4 is 5.91 Å². The summed E-state index contributed by atoms with van der Waals surface area (Å²) in [6, 6.07) is 0. The molecule has 1 rings (SSSR count). The van der Waals surface area contributed by atoms with Gasteiger partial charge in [-0.25, -0.2) is 4.98 Å². The molecule has 0 saturated carbocycles. The van der Waals surface area contributed by atoms with Gasteiger partial charge in [0.15, 0.2) is 5.82 Å². The molecule has 1 amide bonds. The number of aliphatic hydroxyl groups is 1. The second-order valence-electron chi connectivity index (χ2n) is 2.76. The number of aromatic amines is 1. The second kappa shape index (κ2) is 5.36. The predicted octanol–water partition coefficient (Wildman–Crippen LogP) is -0.853. The molecule has 0 fully saturated rings. The van der Waals surface area contributed by atoms with Gasteiger partial charge in [-0.3, -0.25) is 4.79 Å². The van der Waals surface area contributed by atoms with E-state index in [1.54, 1.807) is 6.20 Å². The molecular formula is C8H13N3O3. The van der Waals surface area contributed by atoms with Crippen LogP contribution in [-0.2, 0) is 4.74 Å². The van der Waals surface area contributed by atoms with Crippen LogP contribution in [0.4, 0.5) is 0 Å². The molecule has 0 aliphatic carbocycles. The molecule has 1 unspecified atom stereocenters. The van der Waals surface area contributed by atoms with Crippen LogP contribution in [-0.4, -0.2) is 47.3 Å². The zero-order valence-electron chi connectivity index (χ0n) is 7.86. The summed E-state index contributed by atoms with van der Waals surface area (Å²) >= 11 is 0. The lowest BCUT2D eigenvalue weighted by atomic mass is 10.3. The smallest absolute Gasteiger partial charge is 0.287 e. The van der Waals surface area contributed by atoms with Crippen molar-refractivity contribution in [1.29, 1.82) is 0 Å². The fraction of sp³-hybridized carbons (Fsp3) is 0.500. The number of H-pyrrole nitrogens is 1. The Balaban J connectivity index is 2.28. The van der Waals surface area contributed by atoms with Crippen LogP contribution in [0.2, 0.25) is 0 Å². The number of carbonyl (C=O) groups excluding carboxylic acids is 1. The topological polar surface area (TPSA) is 87.2 Å². The first-order chi connectivity index (χ1) is 6.74. The number of hydrogen-bond donors (Lipinski definition) is 3. The van der Waals surface area contributed by atoms with Gasteiger partial charge in [-0.2, -0.15) is 0 Å². The highest BCUT2D eigenvalue weighted by molar-refractivity contribution is 5.90. The predicted molar refractivity (Wildman–Crippen MR) is 48.8 cm³/mol. The summed E-state index contributed by atoms with van der Waals surface area (Å²) in [5.41, 5.74) is 0. The molecule has 1 heterocycles. The Morgan fingerprint density at radius 2 is 2.64 bits per heavy atom. The molecular weight excluding hydrogens is 186 g/mol. The number of carbonyl (C=O) groups is 1. The third-order valence-corrected chi connectivity index (χ3v) is 1.57. The lowest BCUT2D eigenvalue weighted by Gasteiger charge is -2.09. The van der Waals surface area contributed by atoms with Gasteiger partial charge in [-0.05, 0) is 0 Å². The standard InChI is InChI=1S/C8H13N3O3/c1-14-5-6(12)4-11-8(13)7-9-2-3-10-7/h2-3,6,12H,4-5H2,1H3,(H,9,10)(H,11,13). The van der Waals surface area contributed by atoms with E-state index >= 15 is 0 Å². The van der Waals surface area contributed by atoms with Gasteiger partial charge in [-0.1, -0.05) is 0 Å². The molecule has 78 valence electrons. The monoisotopic (exact) mass is 199 g/mol. The number of imidazole rings is 1. The summed E-state index contributed by atoms with van der Waals surface area (Å²) in [5, 5.41) is 11.7. The van der Waals surface area contributed by atoms with Crippen LogP contribution in [0.15, 0.2) is 12.4 Å². The Morgan fingerprint density at radius 3 is 3.21 bits per heavy atom. The van der Waals surface area contributed by atoms with Crippen molar-refractivity contribution in [3.8, 4) is 0 Å². The Morgan fingerprint density at radius 1 is 1.86 bits per heavy atom. The normalized spacial score (nSPS) is 12.4. The first-order valence-corrected chi connectivity index (χ1v) is 4.18. The van der Waals surface area contributed by atoms with Gasteiger partial charge < -0.3 is 20.1 Å². The van der Waals surface area contributed by atoms with Gasteiger partial charge >= 0.3 is 0 Å².